The quantitative estimate of drug-likeness (QED) is 0.734. The zero-order valence-electron chi connectivity index (χ0n) is 8.25. The van der Waals surface area contributed by atoms with Gasteiger partial charge in [0.15, 0.2) is 0 Å². The van der Waals surface area contributed by atoms with Gasteiger partial charge in [-0.05, 0) is 19.4 Å². The Morgan fingerprint density at radius 3 is 2.38 bits per heavy atom. The summed E-state index contributed by atoms with van der Waals surface area (Å²) in [7, 11) is 0. The van der Waals surface area contributed by atoms with E-state index in [9.17, 15) is 0 Å². The average molecular weight is 179 g/mol. The second-order valence-electron chi connectivity index (χ2n) is 3.64. The van der Waals surface area contributed by atoms with E-state index in [1.807, 2.05) is 18.2 Å². The highest BCUT2D eigenvalue weighted by Gasteiger charge is 2.17. The van der Waals surface area contributed by atoms with E-state index in [0.29, 0.717) is 6.54 Å². The van der Waals surface area contributed by atoms with Crippen LogP contribution in [-0.2, 0) is 5.54 Å². The smallest absolute Gasteiger partial charge is 0.0556 e. The number of nitrogens with one attached hydrogen (secondary N) is 1. The van der Waals surface area contributed by atoms with Crippen molar-refractivity contribution in [2.45, 2.75) is 19.4 Å². The Kier molecular flexibility index (Phi) is 3.46. The van der Waals surface area contributed by atoms with Crippen molar-refractivity contribution >= 4 is 0 Å². The zero-order chi connectivity index (χ0) is 9.73. The summed E-state index contributed by atoms with van der Waals surface area (Å²) in [6, 6.07) is 10.2. The number of hydrogen-bond donors (Lipinski definition) is 2. The lowest BCUT2D eigenvalue weighted by Crippen LogP contribution is -2.38. The van der Waals surface area contributed by atoms with E-state index in [1.54, 1.807) is 0 Å². The van der Waals surface area contributed by atoms with E-state index in [1.165, 1.54) is 5.56 Å². The van der Waals surface area contributed by atoms with Crippen molar-refractivity contribution in [3.63, 3.8) is 0 Å². The van der Waals surface area contributed by atoms with Gasteiger partial charge in [0, 0.05) is 12.1 Å². The normalized spacial score (nSPS) is 11.6. The minimum absolute atomic E-state index is 0.0655. The van der Waals surface area contributed by atoms with Crippen molar-refractivity contribution in [1.82, 2.24) is 5.32 Å². The maximum atomic E-state index is 8.71. The van der Waals surface area contributed by atoms with Crippen LogP contribution in [0.4, 0.5) is 0 Å². The molecule has 0 atom stereocenters. The van der Waals surface area contributed by atoms with Crippen LogP contribution in [0, 0.1) is 0 Å². The molecule has 0 heterocycles. The van der Waals surface area contributed by atoms with Crippen LogP contribution in [0.1, 0.15) is 19.4 Å². The molecule has 0 aliphatic carbocycles. The predicted molar refractivity (Wildman–Crippen MR) is 54.6 cm³/mol. The Labute approximate surface area is 79.6 Å². The summed E-state index contributed by atoms with van der Waals surface area (Å²) < 4.78 is 0. The molecule has 0 unspecified atom stereocenters. The number of benzene rings is 1. The van der Waals surface area contributed by atoms with Crippen LogP contribution in [0.15, 0.2) is 30.3 Å². The lowest BCUT2D eigenvalue weighted by atomic mass is 9.94. The Bertz CT molecular complexity index is 244. The topological polar surface area (TPSA) is 32.3 Å². The highest BCUT2D eigenvalue weighted by atomic mass is 16.3. The van der Waals surface area contributed by atoms with Crippen LogP contribution >= 0.6 is 0 Å². The van der Waals surface area contributed by atoms with Crippen molar-refractivity contribution in [2.75, 3.05) is 13.2 Å². The Morgan fingerprint density at radius 2 is 1.85 bits per heavy atom. The van der Waals surface area contributed by atoms with E-state index in [2.05, 4.69) is 31.3 Å². The highest BCUT2D eigenvalue weighted by molar-refractivity contribution is 5.22. The first kappa shape index (κ1) is 10.2. The van der Waals surface area contributed by atoms with Gasteiger partial charge in [-0.1, -0.05) is 30.3 Å². The molecule has 0 aliphatic heterocycles. The number of rotatable bonds is 4. The molecule has 72 valence electrons. The molecule has 0 saturated carbocycles. The molecule has 2 heteroatoms. The fraction of sp³-hybridized carbons (Fsp3) is 0.455. The third-order valence-electron chi connectivity index (χ3n) is 2.17. The first-order chi connectivity index (χ1) is 6.17. The van der Waals surface area contributed by atoms with Crippen LogP contribution in [0.25, 0.3) is 0 Å². The summed E-state index contributed by atoms with van der Waals surface area (Å²) in [5, 5.41) is 12.0. The molecule has 0 amide bonds. The largest absolute Gasteiger partial charge is 0.395 e. The molecule has 1 aromatic rings. The maximum absolute atomic E-state index is 8.71. The third-order valence-corrected chi connectivity index (χ3v) is 2.17. The fourth-order valence-electron chi connectivity index (χ4n) is 1.33. The van der Waals surface area contributed by atoms with Crippen molar-refractivity contribution in [1.29, 1.82) is 0 Å². The van der Waals surface area contributed by atoms with Gasteiger partial charge < -0.3 is 10.4 Å². The van der Waals surface area contributed by atoms with Crippen molar-refractivity contribution < 1.29 is 5.11 Å². The molecule has 1 rings (SSSR count). The molecule has 0 aliphatic rings. The molecule has 2 nitrogen and oxygen atoms in total. The van der Waals surface area contributed by atoms with E-state index in [0.717, 1.165) is 0 Å². The summed E-state index contributed by atoms with van der Waals surface area (Å²) >= 11 is 0. The molecular weight excluding hydrogens is 162 g/mol. The fourth-order valence-corrected chi connectivity index (χ4v) is 1.33. The Morgan fingerprint density at radius 1 is 1.23 bits per heavy atom. The molecule has 0 bridgehead atoms. The minimum Gasteiger partial charge on any atom is -0.395 e. The zero-order valence-corrected chi connectivity index (χ0v) is 8.25. The van der Waals surface area contributed by atoms with Gasteiger partial charge in [0.2, 0.25) is 0 Å². The maximum Gasteiger partial charge on any atom is 0.0556 e. The van der Waals surface area contributed by atoms with Gasteiger partial charge in [-0.25, -0.2) is 0 Å². The molecule has 0 saturated heterocycles. The number of hydrogen-bond acceptors (Lipinski definition) is 2. The number of aliphatic hydroxyl groups is 1. The summed E-state index contributed by atoms with van der Waals surface area (Å²) in [6.45, 7) is 5.02. The molecular formula is C11H17NO. The lowest BCUT2D eigenvalue weighted by molar-refractivity contribution is 0.267. The van der Waals surface area contributed by atoms with Gasteiger partial charge >= 0.3 is 0 Å². The monoisotopic (exact) mass is 179 g/mol. The van der Waals surface area contributed by atoms with E-state index in [-0.39, 0.29) is 12.1 Å². The van der Waals surface area contributed by atoms with Gasteiger partial charge in [-0.15, -0.1) is 0 Å². The van der Waals surface area contributed by atoms with Crippen LogP contribution in [-0.4, -0.2) is 18.3 Å². The minimum atomic E-state index is -0.0655. The Hall–Kier alpha value is -0.860. The molecule has 2 N–H and O–H groups in total. The van der Waals surface area contributed by atoms with Gasteiger partial charge in [0.05, 0.1) is 6.61 Å². The molecule has 0 fully saturated rings. The molecule has 0 aromatic heterocycles. The third kappa shape index (κ3) is 2.83. The van der Waals surface area contributed by atoms with Crippen molar-refractivity contribution in [3.8, 4) is 0 Å². The SMILES string of the molecule is CC(C)(NCCO)c1ccccc1. The molecule has 1 aromatic carbocycles. The first-order valence-electron chi connectivity index (χ1n) is 4.58. The summed E-state index contributed by atoms with van der Waals surface area (Å²) in [5.74, 6) is 0. The first-order valence-corrected chi connectivity index (χ1v) is 4.58. The lowest BCUT2D eigenvalue weighted by Gasteiger charge is -2.26. The van der Waals surface area contributed by atoms with Crippen molar-refractivity contribution in [3.05, 3.63) is 35.9 Å². The molecule has 0 spiro atoms. The van der Waals surface area contributed by atoms with E-state index in [4.69, 9.17) is 5.11 Å². The second-order valence-corrected chi connectivity index (χ2v) is 3.64. The Balaban J connectivity index is 2.69. The van der Waals surface area contributed by atoms with Crippen LogP contribution in [0.5, 0.6) is 0 Å². The predicted octanol–water partition coefficient (Wildman–Crippen LogP) is 1.50. The highest BCUT2D eigenvalue weighted by Crippen LogP contribution is 2.18. The average Bonchev–Trinajstić information content (AvgIpc) is 2.16. The standard InChI is InChI=1S/C11H17NO/c1-11(2,12-8-9-13)10-6-4-3-5-7-10/h3-7,12-13H,8-9H2,1-2H3. The van der Waals surface area contributed by atoms with Gasteiger partial charge in [0.25, 0.3) is 0 Å². The van der Waals surface area contributed by atoms with Crippen LogP contribution in [0.3, 0.4) is 0 Å². The molecule has 0 radical (unpaired) electrons. The van der Waals surface area contributed by atoms with Gasteiger partial charge in [-0.3, -0.25) is 0 Å². The summed E-state index contributed by atoms with van der Waals surface area (Å²) in [5.41, 5.74) is 1.17. The summed E-state index contributed by atoms with van der Waals surface area (Å²) in [4.78, 5) is 0. The molecule has 13 heavy (non-hydrogen) atoms. The van der Waals surface area contributed by atoms with Gasteiger partial charge in [0.1, 0.15) is 0 Å². The second kappa shape index (κ2) is 4.40. The van der Waals surface area contributed by atoms with Gasteiger partial charge in [-0.2, -0.15) is 0 Å². The summed E-state index contributed by atoms with van der Waals surface area (Å²) in [6.07, 6.45) is 0. The van der Waals surface area contributed by atoms with E-state index < -0.39 is 0 Å². The van der Waals surface area contributed by atoms with E-state index >= 15 is 0 Å². The van der Waals surface area contributed by atoms with Crippen LogP contribution in [0.2, 0.25) is 0 Å². The number of aliphatic hydroxyl groups excluding tert-OH is 1. The van der Waals surface area contributed by atoms with Crippen LogP contribution < -0.4 is 5.32 Å². The van der Waals surface area contributed by atoms with Crippen molar-refractivity contribution in [2.24, 2.45) is 0 Å².